The SMILES string of the molecule is Cc1ccc(N2c3ncccc3Oc3cccnc32)c2c1CCCO2. The van der Waals surface area contributed by atoms with Crippen molar-refractivity contribution < 1.29 is 9.47 Å². The molecule has 0 atom stereocenters. The lowest BCUT2D eigenvalue weighted by Crippen LogP contribution is -2.21. The molecule has 1 aromatic carbocycles. The van der Waals surface area contributed by atoms with E-state index in [0.717, 1.165) is 42.5 Å². The maximum atomic E-state index is 6.08. The Hall–Kier alpha value is -3.08. The van der Waals surface area contributed by atoms with Gasteiger partial charge in [0.1, 0.15) is 5.75 Å². The molecule has 0 bridgehead atoms. The Morgan fingerprint density at radius 3 is 2.40 bits per heavy atom. The first-order chi connectivity index (χ1) is 12.3. The maximum absolute atomic E-state index is 6.08. The lowest BCUT2D eigenvalue weighted by molar-refractivity contribution is 0.289. The molecule has 2 aliphatic rings. The van der Waals surface area contributed by atoms with Gasteiger partial charge in [-0.3, -0.25) is 4.90 Å². The second-order valence-corrected chi connectivity index (χ2v) is 6.25. The number of ether oxygens (including phenoxy) is 2. The number of benzene rings is 1. The summed E-state index contributed by atoms with van der Waals surface area (Å²) in [6.45, 7) is 2.87. The van der Waals surface area contributed by atoms with Crippen molar-refractivity contribution >= 4 is 17.3 Å². The topological polar surface area (TPSA) is 47.5 Å². The molecule has 0 N–H and O–H groups in total. The van der Waals surface area contributed by atoms with E-state index in [4.69, 9.17) is 9.47 Å². The van der Waals surface area contributed by atoms with Gasteiger partial charge in [-0.2, -0.15) is 0 Å². The number of hydrogen-bond acceptors (Lipinski definition) is 5. The fourth-order valence-electron chi connectivity index (χ4n) is 3.49. The van der Waals surface area contributed by atoms with Crippen LogP contribution in [-0.4, -0.2) is 16.6 Å². The van der Waals surface area contributed by atoms with Gasteiger partial charge in [0.25, 0.3) is 0 Å². The Kier molecular flexibility index (Phi) is 3.13. The van der Waals surface area contributed by atoms with Gasteiger partial charge in [-0.05, 0) is 61.2 Å². The number of hydrogen-bond donors (Lipinski definition) is 0. The van der Waals surface area contributed by atoms with Gasteiger partial charge in [0.15, 0.2) is 23.1 Å². The van der Waals surface area contributed by atoms with Crippen molar-refractivity contribution in [1.29, 1.82) is 0 Å². The van der Waals surface area contributed by atoms with Crippen LogP contribution in [0.4, 0.5) is 17.3 Å². The van der Waals surface area contributed by atoms with Crippen LogP contribution in [0.1, 0.15) is 17.5 Å². The third-order valence-electron chi connectivity index (χ3n) is 4.68. The van der Waals surface area contributed by atoms with Gasteiger partial charge in [-0.1, -0.05) is 6.07 Å². The predicted octanol–water partition coefficient (Wildman–Crippen LogP) is 4.69. The van der Waals surface area contributed by atoms with Gasteiger partial charge in [0.2, 0.25) is 0 Å². The lowest BCUT2D eigenvalue weighted by atomic mass is 9.99. The van der Waals surface area contributed by atoms with Crippen LogP contribution < -0.4 is 14.4 Å². The summed E-state index contributed by atoms with van der Waals surface area (Å²) in [4.78, 5) is 11.1. The van der Waals surface area contributed by atoms with E-state index >= 15 is 0 Å². The van der Waals surface area contributed by atoms with E-state index in [9.17, 15) is 0 Å². The van der Waals surface area contributed by atoms with Crippen LogP contribution in [0.25, 0.3) is 0 Å². The van der Waals surface area contributed by atoms with E-state index in [2.05, 4.69) is 29.0 Å². The van der Waals surface area contributed by atoms with Crippen molar-refractivity contribution in [2.24, 2.45) is 0 Å². The minimum Gasteiger partial charge on any atom is -0.491 e. The molecule has 0 saturated carbocycles. The zero-order valence-corrected chi connectivity index (χ0v) is 13.9. The average Bonchev–Trinajstić information content (AvgIpc) is 2.67. The summed E-state index contributed by atoms with van der Waals surface area (Å²) >= 11 is 0. The number of aromatic nitrogens is 2. The molecule has 25 heavy (non-hydrogen) atoms. The minimum absolute atomic E-state index is 0.716. The molecule has 2 aromatic heterocycles. The third kappa shape index (κ3) is 2.16. The van der Waals surface area contributed by atoms with Crippen molar-refractivity contribution in [3.63, 3.8) is 0 Å². The van der Waals surface area contributed by atoms with Crippen LogP contribution >= 0.6 is 0 Å². The van der Waals surface area contributed by atoms with Gasteiger partial charge in [-0.15, -0.1) is 0 Å². The van der Waals surface area contributed by atoms with Gasteiger partial charge >= 0.3 is 0 Å². The summed E-state index contributed by atoms with van der Waals surface area (Å²) in [5.41, 5.74) is 3.49. The fraction of sp³-hybridized carbons (Fsp3) is 0.200. The Bertz CT molecular complexity index is 925. The molecule has 0 unspecified atom stereocenters. The lowest BCUT2D eigenvalue weighted by Gasteiger charge is -2.33. The normalized spacial score (nSPS) is 14.7. The zero-order valence-electron chi connectivity index (χ0n) is 13.9. The molecule has 5 rings (SSSR count). The number of anilines is 3. The Morgan fingerprint density at radius 2 is 1.68 bits per heavy atom. The van der Waals surface area contributed by atoms with E-state index in [0.29, 0.717) is 11.5 Å². The second-order valence-electron chi connectivity index (χ2n) is 6.25. The summed E-state index contributed by atoms with van der Waals surface area (Å²) in [6.07, 6.45) is 5.61. The average molecular weight is 331 g/mol. The van der Waals surface area contributed by atoms with Gasteiger partial charge in [0, 0.05) is 12.4 Å². The molecule has 5 nitrogen and oxygen atoms in total. The molecule has 4 heterocycles. The number of nitrogens with zero attached hydrogens (tertiary/aromatic N) is 3. The van der Waals surface area contributed by atoms with Crippen molar-refractivity contribution in [3.8, 4) is 17.2 Å². The van der Waals surface area contributed by atoms with Gasteiger partial charge in [0.05, 0.1) is 12.3 Å². The number of rotatable bonds is 1. The van der Waals surface area contributed by atoms with Crippen LogP contribution in [-0.2, 0) is 6.42 Å². The first kappa shape index (κ1) is 14.3. The highest BCUT2D eigenvalue weighted by molar-refractivity contribution is 5.85. The van der Waals surface area contributed by atoms with Crippen LogP contribution in [0.5, 0.6) is 17.2 Å². The monoisotopic (exact) mass is 331 g/mol. The molecule has 3 aromatic rings. The van der Waals surface area contributed by atoms with E-state index in [1.807, 2.05) is 29.2 Å². The molecular formula is C20H17N3O2. The smallest absolute Gasteiger partial charge is 0.182 e. The molecular weight excluding hydrogens is 314 g/mol. The summed E-state index contributed by atoms with van der Waals surface area (Å²) in [5.74, 6) is 3.82. The number of pyridine rings is 2. The first-order valence-corrected chi connectivity index (χ1v) is 8.46. The highest BCUT2D eigenvalue weighted by atomic mass is 16.5. The molecule has 0 aliphatic carbocycles. The van der Waals surface area contributed by atoms with Gasteiger partial charge in [-0.25, -0.2) is 9.97 Å². The van der Waals surface area contributed by atoms with Crippen LogP contribution in [0.3, 0.4) is 0 Å². The Labute approximate surface area is 145 Å². The maximum Gasteiger partial charge on any atom is 0.182 e. The molecule has 0 fully saturated rings. The summed E-state index contributed by atoms with van der Waals surface area (Å²) in [6, 6.07) is 11.8. The Morgan fingerprint density at radius 1 is 0.960 bits per heavy atom. The molecule has 0 saturated heterocycles. The molecule has 2 aliphatic heterocycles. The molecule has 0 amide bonds. The largest absolute Gasteiger partial charge is 0.491 e. The second kappa shape index (κ2) is 5.48. The molecule has 124 valence electrons. The fourth-order valence-corrected chi connectivity index (χ4v) is 3.49. The summed E-state index contributed by atoms with van der Waals surface area (Å²) in [5, 5.41) is 0. The van der Waals surface area contributed by atoms with Crippen molar-refractivity contribution in [1.82, 2.24) is 9.97 Å². The number of fused-ring (bicyclic) bond motifs is 3. The quantitative estimate of drug-likeness (QED) is 0.506. The van der Waals surface area contributed by atoms with E-state index < -0.39 is 0 Å². The standard InChI is InChI=1S/C20H17N3O2/c1-13-8-9-15(18-14(13)5-4-12-24-18)23-19-16(6-2-10-21-19)25-17-7-3-11-22-20(17)23/h2-3,6-11H,4-5,12H2,1H3. The van der Waals surface area contributed by atoms with E-state index in [1.54, 1.807) is 12.4 Å². The summed E-state index contributed by atoms with van der Waals surface area (Å²) < 4.78 is 12.1. The Balaban J connectivity index is 1.78. The van der Waals surface area contributed by atoms with E-state index in [1.165, 1.54) is 11.1 Å². The highest BCUT2D eigenvalue weighted by Crippen LogP contribution is 2.51. The molecule has 5 heteroatoms. The first-order valence-electron chi connectivity index (χ1n) is 8.46. The highest BCUT2D eigenvalue weighted by Gasteiger charge is 2.31. The van der Waals surface area contributed by atoms with Crippen LogP contribution in [0, 0.1) is 6.92 Å². The van der Waals surface area contributed by atoms with Crippen molar-refractivity contribution in [3.05, 3.63) is 59.9 Å². The zero-order chi connectivity index (χ0) is 16.8. The van der Waals surface area contributed by atoms with Crippen molar-refractivity contribution in [2.45, 2.75) is 19.8 Å². The summed E-state index contributed by atoms with van der Waals surface area (Å²) in [7, 11) is 0. The van der Waals surface area contributed by atoms with E-state index in [-0.39, 0.29) is 0 Å². The van der Waals surface area contributed by atoms with Gasteiger partial charge < -0.3 is 9.47 Å². The molecule has 0 spiro atoms. The van der Waals surface area contributed by atoms with Crippen molar-refractivity contribution in [2.75, 3.05) is 11.5 Å². The molecule has 0 radical (unpaired) electrons. The van der Waals surface area contributed by atoms with Crippen LogP contribution in [0.2, 0.25) is 0 Å². The third-order valence-corrected chi connectivity index (χ3v) is 4.68. The predicted molar refractivity (Wildman–Crippen MR) is 95.3 cm³/mol. The number of aryl methyl sites for hydroxylation is 1. The van der Waals surface area contributed by atoms with Crippen LogP contribution in [0.15, 0.2) is 48.8 Å². The minimum atomic E-state index is 0.716.